The Kier molecular flexibility index (Phi) is 3.62. The quantitative estimate of drug-likeness (QED) is 0.899. The molecule has 1 saturated heterocycles. The molecule has 0 saturated carbocycles. The van der Waals surface area contributed by atoms with Crippen LogP contribution in [0.1, 0.15) is 12.8 Å². The number of carboxylic acids is 1. The van der Waals surface area contributed by atoms with Gasteiger partial charge in [-0.25, -0.2) is 0 Å². The molecule has 1 aliphatic heterocycles. The first kappa shape index (κ1) is 13.6. The van der Waals surface area contributed by atoms with Crippen LogP contribution in [0.4, 0.5) is 5.69 Å². The van der Waals surface area contributed by atoms with Gasteiger partial charge in [-0.15, -0.1) is 0 Å². The van der Waals surface area contributed by atoms with E-state index < -0.39 is 5.97 Å². The Labute approximate surface area is 121 Å². The predicted octanol–water partition coefficient (Wildman–Crippen LogP) is 1.84. The molecule has 2 heterocycles. The van der Waals surface area contributed by atoms with E-state index in [1.54, 1.807) is 16.8 Å². The fourth-order valence-electron chi connectivity index (χ4n) is 2.57. The van der Waals surface area contributed by atoms with Gasteiger partial charge in [0.05, 0.1) is 0 Å². The smallest absolute Gasteiger partial charge is 0.323 e. The molecular weight excluding hydrogens is 272 g/mol. The van der Waals surface area contributed by atoms with Crippen LogP contribution in [0, 0.1) is 0 Å². The van der Waals surface area contributed by atoms with Crippen molar-refractivity contribution in [1.82, 2.24) is 4.57 Å². The highest BCUT2D eigenvalue weighted by Gasteiger charge is 2.23. The fraction of sp³-hybridized carbons (Fsp3) is 0.333. The van der Waals surface area contributed by atoms with Crippen molar-refractivity contribution < 1.29 is 19.4 Å². The molecule has 1 aromatic carbocycles. The molecule has 0 unspecified atom stereocenters. The monoisotopic (exact) mass is 288 g/mol. The van der Waals surface area contributed by atoms with Crippen LogP contribution in [-0.4, -0.2) is 34.3 Å². The number of aromatic nitrogens is 1. The van der Waals surface area contributed by atoms with Crippen LogP contribution in [0.25, 0.3) is 10.9 Å². The van der Waals surface area contributed by atoms with Crippen molar-refractivity contribution in [2.24, 2.45) is 0 Å². The first-order valence-electron chi connectivity index (χ1n) is 6.86. The third-order valence-electron chi connectivity index (χ3n) is 3.57. The summed E-state index contributed by atoms with van der Waals surface area (Å²) in [4.78, 5) is 22.8. The topological polar surface area (TPSA) is 80.6 Å². The van der Waals surface area contributed by atoms with Gasteiger partial charge in [0.2, 0.25) is 0 Å². The minimum absolute atomic E-state index is 0.0783. The van der Waals surface area contributed by atoms with Crippen molar-refractivity contribution in [1.29, 1.82) is 0 Å². The molecule has 110 valence electrons. The van der Waals surface area contributed by atoms with Crippen LogP contribution in [0.15, 0.2) is 30.5 Å². The number of aliphatic carboxylic acids is 1. The summed E-state index contributed by atoms with van der Waals surface area (Å²) >= 11 is 0. The number of carbonyl (C=O) groups excluding carboxylic acids is 1. The number of ether oxygens (including phenoxy) is 1. The van der Waals surface area contributed by atoms with Gasteiger partial charge >= 0.3 is 5.97 Å². The molecule has 0 bridgehead atoms. The maximum absolute atomic E-state index is 12.0. The molecule has 2 N–H and O–H groups in total. The van der Waals surface area contributed by atoms with Crippen LogP contribution in [0.2, 0.25) is 0 Å². The van der Waals surface area contributed by atoms with E-state index in [2.05, 4.69) is 5.32 Å². The normalized spacial score (nSPS) is 18.0. The van der Waals surface area contributed by atoms with Gasteiger partial charge in [0, 0.05) is 29.4 Å². The molecule has 2 aromatic rings. The zero-order valence-electron chi connectivity index (χ0n) is 11.4. The number of nitrogens with zero attached hydrogens (tertiary/aromatic N) is 1. The van der Waals surface area contributed by atoms with Gasteiger partial charge < -0.3 is 19.7 Å². The number of fused-ring (bicyclic) bond motifs is 1. The van der Waals surface area contributed by atoms with E-state index in [-0.39, 0.29) is 18.6 Å². The first-order valence-corrected chi connectivity index (χ1v) is 6.86. The number of rotatable bonds is 4. The predicted molar refractivity (Wildman–Crippen MR) is 77.2 cm³/mol. The lowest BCUT2D eigenvalue weighted by Crippen LogP contribution is -2.26. The van der Waals surface area contributed by atoms with Crippen LogP contribution >= 0.6 is 0 Å². The largest absolute Gasteiger partial charge is 0.480 e. The van der Waals surface area contributed by atoms with Crippen molar-refractivity contribution in [3.8, 4) is 0 Å². The summed E-state index contributed by atoms with van der Waals surface area (Å²) in [6.45, 7) is 0.556. The van der Waals surface area contributed by atoms with Crippen molar-refractivity contribution >= 4 is 28.5 Å². The number of amides is 1. The summed E-state index contributed by atoms with van der Waals surface area (Å²) in [5, 5.41) is 12.6. The number of carboxylic acid groups (broad SMARTS) is 1. The molecule has 1 atom stereocenters. The lowest BCUT2D eigenvalue weighted by atomic mass is 10.2. The highest BCUT2D eigenvalue weighted by atomic mass is 16.5. The average Bonchev–Trinajstić information content (AvgIpc) is 3.08. The summed E-state index contributed by atoms with van der Waals surface area (Å²) in [5.41, 5.74) is 1.52. The van der Waals surface area contributed by atoms with Crippen molar-refractivity contribution in [2.75, 3.05) is 11.9 Å². The summed E-state index contributed by atoms with van der Waals surface area (Å²) in [5.74, 6) is -1.01. The second kappa shape index (κ2) is 5.57. The summed E-state index contributed by atoms with van der Waals surface area (Å²) in [6.07, 6.45) is 3.03. The molecule has 0 aliphatic carbocycles. The molecule has 0 radical (unpaired) electrons. The maximum Gasteiger partial charge on any atom is 0.323 e. The van der Waals surface area contributed by atoms with Crippen LogP contribution in [-0.2, 0) is 20.9 Å². The molecule has 1 fully saturated rings. The molecular formula is C15H16N2O4. The molecule has 21 heavy (non-hydrogen) atoms. The van der Waals surface area contributed by atoms with Gasteiger partial charge in [0.1, 0.15) is 12.6 Å². The van der Waals surface area contributed by atoms with Gasteiger partial charge in [-0.3, -0.25) is 9.59 Å². The maximum atomic E-state index is 12.0. The van der Waals surface area contributed by atoms with E-state index in [4.69, 9.17) is 9.84 Å². The summed E-state index contributed by atoms with van der Waals surface area (Å²) in [6, 6.07) is 7.25. The molecule has 1 aliphatic rings. The first-order chi connectivity index (χ1) is 10.1. The van der Waals surface area contributed by atoms with E-state index in [1.165, 1.54) is 0 Å². The number of hydrogen-bond donors (Lipinski definition) is 2. The number of benzene rings is 1. The second-order valence-electron chi connectivity index (χ2n) is 5.10. The average molecular weight is 288 g/mol. The zero-order valence-corrected chi connectivity index (χ0v) is 11.4. The third-order valence-corrected chi connectivity index (χ3v) is 3.57. The van der Waals surface area contributed by atoms with E-state index in [1.807, 2.05) is 18.2 Å². The third kappa shape index (κ3) is 2.90. The molecule has 6 heteroatoms. The Morgan fingerprint density at radius 2 is 2.24 bits per heavy atom. The van der Waals surface area contributed by atoms with Gasteiger partial charge in [-0.1, -0.05) is 0 Å². The van der Waals surface area contributed by atoms with Crippen molar-refractivity contribution in [2.45, 2.75) is 25.5 Å². The molecule has 6 nitrogen and oxygen atoms in total. The number of anilines is 1. The highest BCUT2D eigenvalue weighted by molar-refractivity contribution is 5.96. The zero-order chi connectivity index (χ0) is 14.8. The van der Waals surface area contributed by atoms with Gasteiger partial charge in [0.25, 0.3) is 5.91 Å². The van der Waals surface area contributed by atoms with E-state index in [9.17, 15) is 9.59 Å². The summed E-state index contributed by atoms with van der Waals surface area (Å²) in [7, 11) is 0. The van der Waals surface area contributed by atoms with Crippen molar-refractivity contribution in [3.63, 3.8) is 0 Å². The molecule has 1 amide bonds. The van der Waals surface area contributed by atoms with Gasteiger partial charge in [0.15, 0.2) is 0 Å². The standard InChI is InChI=1S/C15H16N2O4/c18-14(19)9-17-6-5-10-8-11(3-4-12(10)17)16-15(20)13-2-1-7-21-13/h3-6,8,13H,1-2,7,9H2,(H,16,20)(H,18,19)/t13-/m0/s1. The molecule has 3 rings (SSSR count). The Morgan fingerprint density at radius 3 is 2.95 bits per heavy atom. The van der Waals surface area contributed by atoms with Gasteiger partial charge in [-0.2, -0.15) is 0 Å². The van der Waals surface area contributed by atoms with E-state index in [0.717, 1.165) is 23.7 Å². The lowest BCUT2D eigenvalue weighted by molar-refractivity contribution is -0.137. The SMILES string of the molecule is O=C(O)Cn1ccc2cc(NC(=O)[C@@H]3CCCO3)ccc21. The van der Waals surface area contributed by atoms with Gasteiger partial charge in [-0.05, 0) is 37.1 Å². The Balaban J connectivity index is 1.78. The highest BCUT2D eigenvalue weighted by Crippen LogP contribution is 2.22. The summed E-state index contributed by atoms with van der Waals surface area (Å²) < 4.78 is 7.00. The van der Waals surface area contributed by atoms with E-state index in [0.29, 0.717) is 12.3 Å². The van der Waals surface area contributed by atoms with Crippen LogP contribution in [0.3, 0.4) is 0 Å². The number of nitrogens with one attached hydrogen (secondary N) is 1. The fourth-order valence-corrected chi connectivity index (χ4v) is 2.57. The minimum atomic E-state index is -0.886. The number of hydrogen-bond acceptors (Lipinski definition) is 3. The molecule has 0 spiro atoms. The number of carbonyl (C=O) groups is 2. The van der Waals surface area contributed by atoms with E-state index >= 15 is 0 Å². The van der Waals surface area contributed by atoms with Crippen LogP contribution < -0.4 is 5.32 Å². The second-order valence-corrected chi connectivity index (χ2v) is 5.10. The Morgan fingerprint density at radius 1 is 1.38 bits per heavy atom. The molecule has 1 aromatic heterocycles. The minimum Gasteiger partial charge on any atom is -0.480 e. The van der Waals surface area contributed by atoms with Crippen LogP contribution in [0.5, 0.6) is 0 Å². The lowest BCUT2D eigenvalue weighted by Gasteiger charge is -2.10. The Hall–Kier alpha value is -2.34. The Bertz CT molecular complexity index is 686. The van der Waals surface area contributed by atoms with Crippen molar-refractivity contribution in [3.05, 3.63) is 30.5 Å².